The summed E-state index contributed by atoms with van der Waals surface area (Å²) in [5, 5.41) is 6.63. The van der Waals surface area contributed by atoms with Gasteiger partial charge in [0.1, 0.15) is 16.8 Å². The number of fused-ring (bicyclic) bond motifs is 1. The van der Waals surface area contributed by atoms with Crippen LogP contribution in [0.4, 0.5) is 10.1 Å². The number of H-pyrrole nitrogens is 1. The SMILES string of the molecule is Cc1ccc(F)c([C@@H](C)[C@@H](c2n[nH]c(=O)o2)N2CN([C@@H]3CCCOC3)c3cc(Cl)ccc3S2(=O)=O)c1C. The summed E-state index contributed by atoms with van der Waals surface area (Å²) >= 11 is 6.28. The third-order valence-corrected chi connectivity index (χ3v) is 9.46. The van der Waals surface area contributed by atoms with Gasteiger partial charge < -0.3 is 14.1 Å². The van der Waals surface area contributed by atoms with Crippen molar-refractivity contribution in [2.75, 3.05) is 24.8 Å². The highest BCUT2D eigenvalue weighted by Gasteiger charge is 2.46. The zero-order chi connectivity index (χ0) is 26.5. The van der Waals surface area contributed by atoms with Gasteiger partial charge in [-0.15, -0.1) is 5.10 Å². The van der Waals surface area contributed by atoms with E-state index in [4.69, 9.17) is 20.8 Å². The highest BCUT2D eigenvalue weighted by molar-refractivity contribution is 7.89. The van der Waals surface area contributed by atoms with Crippen LogP contribution < -0.4 is 10.7 Å². The largest absolute Gasteiger partial charge is 0.434 e. The number of rotatable bonds is 5. The van der Waals surface area contributed by atoms with Crippen LogP contribution in [0, 0.1) is 19.7 Å². The molecule has 2 aromatic carbocycles. The molecule has 9 nitrogen and oxygen atoms in total. The van der Waals surface area contributed by atoms with Gasteiger partial charge in [-0.1, -0.05) is 24.6 Å². The molecule has 1 saturated heterocycles. The molecule has 0 saturated carbocycles. The first-order valence-electron chi connectivity index (χ1n) is 12.1. The lowest BCUT2D eigenvalue weighted by molar-refractivity contribution is 0.0749. The number of halogens is 2. The van der Waals surface area contributed by atoms with Crippen LogP contribution in [-0.4, -0.2) is 48.8 Å². The number of nitrogens with one attached hydrogen (secondary N) is 1. The van der Waals surface area contributed by atoms with E-state index in [0.29, 0.717) is 35.1 Å². The minimum absolute atomic E-state index is 0.0604. The Morgan fingerprint density at radius 1 is 1.24 bits per heavy atom. The molecule has 2 aliphatic heterocycles. The van der Waals surface area contributed by atoms with Gasteiger partial charge in [-0.05, 0) is 67.6 Å². The number of aromatic amines is 1. The van der Waals surface area contributed by atoms with Gasteiger partial charge >= 0.3 is 5.76 Å². The molecule has 0 aliphatic carbocycles. The molecular formula is C25H28ClFN4O5S. The first-order valence-corrected chi connectivity index (χ1v) is 13.9. The lowest BCUT2D eigenvalue weighted by Crippen LogP contribution is -2.54. The number of sulfonamides is 1. The maximum Gasteiger partial charge on any atom is 0.434 e. The monoisotopic (exact) mass is 550 g/mol. The molecule has 37 heavy (non-hydrogen) atoms. The Morgan fingerprint density at radius 2 is 2.03 bits per heavy atom. The molecule has 1 N–H and O–H groups in total. The van der Waals surface area contributed by atoms with Crippen molar-refractivity contribution in [3.8, 4) is 0 Å². The molecule has 2 aliphatic rings. The van der Waals surface area contributed by atoms with Gasteiger partial charge in [0.05, 0.1) is 25.0 Å². The number of ether oxygens (including phenoxy) is 1. The molecule has 0 radical (unpaired) electrons. The molecule has 1 fully saturated rings. The Labute approximate surface area is 219 Å². The zero-order valence-corrected chi connectivity index (χ0v) is 22.3. The first kappa shape index (κ1) is 25.9. The van der Waals surface area contributed by atoms with Gasteiger partial charge in [0.15, 0.2) is 0 Å². The van der Waals surface area contributed by atoms with E-state index in [0.717, 1.165) is 18.4 Å². The second-order valence-corrected chi connectivity index (χ2v) is 11.9. The van der Waals surface area contributed by atoms with Crippen molar-refractivity contribution in [2.45, 2.75) is 56.5 Å². The molecule has 3 aromatic rings. The fourth-order valence-corrected chi connectivity index (χ4v) is 7.30. The van der Waals surface area contributed by atoms with E-state index in [1.807, 2.05) is 11.8 Å². The van der Waals surface area contributed by atoms with Gasteiger partial charge in [0.25, 0.3) is 0 Å². The van der Waals surface area contributed by atoms with Crippen molar-refractivity contribution in [1.82, 2.24) is 14.5 Å². The third-order valence-electron chi connectivity index (χ3n) is 7.37. The van der Waals surface area contributed by atoms with E-state index in [9.17, 15) is 13.2 Å². The van der Waals surface area contributed by atoms with Crippen molar-refractivity contribution in [3.05, 3.63) is 74.3 Å². The predicted octanol–water partition coefficient (Wildman–Crippen LogP) is 4.26. The maximum atomic E-state index is 15.2. The smallest absolute Gasteiger partial charge is 0.391 e. The van der Waals surface area contributed by atoms with Gasteiger partial charge in [-0.2, -0.15) is 4.31 Å². The summed E-state index contributed by atoms with van der Waals surface area (Å²) in [5.74, 6) is -2.19. The fraction of sp³-hybridized carbons (Fsp3) is 0.440. The number of anilines is 1. The van der Waals surface area contributed by atoms with E-state index >= 15 is 4.39 Å². The predicted molar refractivity (Wildman–Crippen MR) is 136 cm³/mol. The summed E-state index contributed by atoms with van der Waals surface area (Å²) in [6.45, 7) is 6.33. The molecular weight excluding hydrogens is 523 g/mol. The van der Waals surface area contributed by atoms with Crippen molar-refractivity contribution >= 4 is 27.3 Å². The lowest BCUT2D eigenvalue weighted by atomic mass is 9.87. The molecule has 1 aromatic heterocycles. The van der Waals surface area contributed by atoms with Crippen molar-refractivity contribution in [1.29, 1.82) is 0 Å². The highest BCUT2D eigenvalue weighted by Crippen LogP contribution is 2.45. The summed E-state index contributed by atoms with van der Waals surface area (Å²) in [4.78, 5) is 14.0. The normalized spacial score (nSPS) is 21.4. The Bertz CT molecular complexity index is 1480. The molecule has 0 bridgehead atoms. The molecule has 0 unspecified atom stereocenters. The van der Waals surface area contributed by atoms with Gasteiger partial charge in [-0.25, -0.2) is 22.7 Å². The summed E-state index contributed by atoms with van der Waals surface area (Å²) in [7, 11) is -4.14. The molecule has 0 amide bonds. The van der Waals surface area contributed by atoms with Crippen LogP contribution in [-0.2, 0) is 14.8 Å². The van der Waals surface area contributed by atoms with Crippen LogP contribution in [0.2, 0.25) is 5.02 Å². The van der Waals surface area contributed by atoms with Crippen LogP contribution in [0.25, 0.3) is 0 Å². The Hall–Kier alpha value is -2.73. The molecule has 3 atom stereocenters. The molecule has 12 heteroatoms. The Balaban J connectivity index is 1.70. The summed E-state index contributed by atoms with van der Waals surface area (Å²) < 4.78 is 55.7. The van der Waals surface area contributed by atoms with E-state index in [-0.39, 0.29) is 23.5 Å². The second-order valence-electron chi connectivity index (χ2n) is 9.57. The quantitative estimate of drug-likeness (QED) is 0.505. The number of hydrogen-bond donors (Lipinski definition) is 1. The average Bonchev–Trinajstić information content (AvgIpc) is 3.29. The topological polar surface area (TPSA) is 109 Å². The van der Waals surface area contributed by atoms with Gasteiger partial charge in [-0.3, -0.25) is 0 Å². The Kier molecular flexibility index (Phi) is 6.90. The molecule has 0 spiro atoms. The fourth-order valence-electron chi connectivity index (χ4n) is 5.36. The van der Waals surface area contributed by atoms with Crippen LogP contribution in [0.15, 0.2) is 44.4 Å². The average molecular weight is 551 g/mol. The highest BCUT2D eigenvalue weighted by atomic mass is 35.5. The Morgan fingerprint density at radius 3 is 2.70 bits per heavy atom. The van der Waals surface area contributed by atoms with Gasteiger partial charge in [0.2, 0.25) is 15.9 Å². The minimum Gasteiger partial charge on any atom is -0.391 e. The summed E-state index contributed by atoms with van der Waals surface area (Å²) in [6.07, 6.45) is 1.62. The van der Waals surface area contributed by atoms with Crippen molar-refractivity contribution in [3.63, 3.8) is 0 Å². The van der Waals surface area contributed by atoms with E-state index < -0.39 is 33.6 Å². The van der Waals surface area contributed by atoms with Crippen LogP contribution in [0.1, 0.15) is 54.3 Å². The third kappa shape index (κ3) is 4.58. The lowest BCUT2D eigenvalue weighted by Gasteiger charge is -2.45. The number of aromatic nitrogens is 2. The van der Waals surface area contributed by atoms with E-state index in [2.05, 4.69) is 10.2 Å². The molecule has 198 valence electrons. The first-order chi connectivity index (χ1) is 17.6. The summed E-state index contributed by atoms with van der Waals surface area (Å²) in [5.41, 5.74) is 2.36. The second kappa shape index (κ2) is 9.86. The standard InChI is InChI=1S/C25H28ClFN4O5S/c1-14-6-8-19(27)22(15(14)2)16(3)23(24-28-29-25(32)36-24)31-13-30(18-5-4-10-35-12-18)20-11-17(26)7-9-21(20)37(31,33)34/h6-9,11,16,18,23H,4-5,10,12-13H2,1-3H3,(H,29,32)/t16-,18-,23+/m1/s1. The maximum absolute atomic E-state index is 15.2. The van der Waals surface area contributed by atoms with E-state index in [1.165, 1.54) is 22.5 Å². The molecule has 3 heterocycles. The van der Waals surface area contributed by atoms with Crippen molar-refractivity contribution < 1.29 is 22.0 Å². The minimum atomic E-state index is -4.14. The number of hydrogen-bond acceptors (Lipinski definition) is 7. The zero-order valence-electron chi connectivity index (χ0n) is 20.7. The number of benzene rings is 2. The van der Waals surface area contributed by atoms with E-state index in [1.54, 1.807) is 26.0 Å². The van der Waals surface area contributed by atoms with Crippen LogP contribution in [0.3, 0.4) is 0 Å². The van der Waals surface area contributed by atoms with Crippen LogP contribution in [0.5, 0.6) is 0 Å². The molecule has 5 rings (SSSR count). The summed E-state index contributed by atoms with van der Waals surface area (Å²) in [6, 6.07) is 6.44. The van der Waals surface area contributed by atoms with Crippen molar-refractivity contribution in [2.24, 2.45) is 0 Å². The van der Waals surface area contributed by atoms with Gasteiger partial charge in [0, 0.05) is 17.5 Å². The van der Waals surface area contributed by atoms with Crippen LogP contribution >= 0.6 is 11.6 Å². The number of nitrogens with zero attached hydrogens (tertiary/aromatic N) is 3. The number of aryl methyl sites for hydroxylation is 1.